The van der Waals surface area contributed by atoms with Crippen LogP contribution in [0, 0.1) is 5.82 Å². The minimum Gasteiger partial charge on any atom is -0.612 e. The number of amides is 1. The zero-order valence-electron chi connectivity index (χ0n) is 19.0. The van der Waals surface area contributed by atoms with Crippen molar-refractivity contribution in [1.82, 2.24) is 10.2 Å². The number of ether oxygens (including phenoxy) is 1. The van der Waals surface area contributed by atoms with Gasteiger partial charge in [-0.05, 0) is 94.0 Å². The Kier molecular flexibility index (Phi) is 7.65. The van der Waals surface area contributed by atoms with E-state index in [0.717, 1.165) is 71.2 Å². The molecule has 1 aliphatic carbocycles. The van der Waals surface area contributed by atoms with Crippen molar-refractivity contribution in [1.29, 1.82) is 0 Å². The van der Waals surface area contributed by atoms with Crippen molar-refractivity contribution in [3.8, 4) is 0 Å². The maximum atomic E-state index is 14.1. The number of morpholine rings is 1. The average molecular weight is 469 g/mol. The van der Waals surface area contributed by atoms with Gasteiger partial charge in [0, 0.05) is 26.2 Å². The van der Waals surface area contributed by atoms with E-state index in [1.165, 1.54) is 12.1 Å². The van der Waals surface area contributed by atoms with E-state index in [-0.39, 0.29) is 18.1 Å². The van der Waals surface area contributed by atoms with Gasteiger partial charge in [-0.2, -0.15) is 0 Å². The predicted octanol–water partition coefficient (Wildman–Crippen LogP) is 3.73. The van der Waals surface area contributed by atoms with E-state index in [0.29, 0.717) is 6.54 Å². The van der Waals surface area contributed by atoms with Crippen molar-refractivity contribution in [3.63, 3.8) is 0 Å². The molecule has 2 aliphatic rings. The Morgan fingerprint density at radius 3 is 2.61 bits per heavy atom. The molecule has 1 unspecified atom stereocenters. The van der Waals surface area contributed by atoms with E-state index in [1.54, 1.807) is 12.3 Å². The van der Waals surface area contributed by atoms with Gasteiger partial charge in [-0.25, -0.2) is 4.39 Å². The van der Waals surface area contributed by atoms with Gasteiger partial charge in [0.1, 0.15) is 12.1 Å². The van der Waals surface area contributed by atoms with Crippen LogP contribution in [-0.2, 0) is 20.7 Å². The molecule has 0 radical (unpaired) electrons. The molecular weight excluding hydrogens is 439 g/mol. The Balaban J connectivity index is 1.51. The quantitative estimate of drug-likeness (QED) is 0.629. The zero-order chi connectivity index (χ0) is 23.4. The molecule has 2 aromatic carbocycles. The molecule has 0 bridgehead atoms. The number of nitrogens with one attached hydrogen (secondary N) is 1. The number of halogens is 1. The first kappa shape index (κ1) is 23.7. The fourth-order valence-corrected chi connectivity index (χ4v) is 4.82. The van der Waals surface area contributed by atoms with Crippen molar-refractivity contribution in [2.24, 2.45) is 0 Å². The van der Waals surface area contributed by atoms with Crippen molar-refractivity contribution in [2.75, 3.05) is 45.6 Å². The summed E-state index contributed by atoms with van der Waals surface area (Å²) < 4.78 is 31.1. The van der Waals surface area contributed by atoms with Crippen molar-refractivity contribution < 1.29 is 18.5 Å². The number of hydrogen-bond acceptors (Lipinski definition) is 4. The van der Waals surface area contributed by atoms with E-state index in [2.05, 4.69) is 10.2 Å². The van der Waals surface area contributed by atoms with Crippen LogP contribution >= 0.6 is 0 Å². The predicted molar refractivity (Wildman–Crippen MR) is 131 cm³/mol. The van der Waals surface area contributed by atoms with Gasteiger partial charge >= 0.3 is 0 Å². The molecule has 7 heteroatoms. The molecule has 5 nitrogen and oxygen atoms in total. The maximum absolute atomic E-state index is 14.1. The number of benzene rings is 2. The molecule has 0 saturated carbocycles. The molecule has 1 aliphatic heterocycles. The van der Waals surface area contributed by atoms with E-state index in [1.807, 2.05) is 37.3 Å². The van der Waals surface area contributed by atoms with Crippen LogP contribution in [0.25, 0.3) is 17.2 Å². The molecule has 174 valence electrons. The number of rotatable bonds is 7. The molecule has 1 amide bonds. The van der Waals surface area contributed by atoms with Crippen LogP contribution in [0.5, 0.6) is 0 Å². The third-order valence-electron chi connectivity index (χ3n) is 6.17. The average Bonchev–Trinajstić information content (AvgIpc) is 3.05. The fourth-order valence-electron chi connectivity index (χ4n) is 4.31. The minimum absolute atomic E-state index is 0.0659. The van der Waals surface area contributed by atoms with Crippen LogP contribution in [0.15, 0.2) is 52.9 Å². The third kappa shape index (κ3) is 5.73. The highest BCUT2D eigenvalue weighted by Crippen LogP contribution is 2.43. The lowest BCUT2D eigenvalue weighted by Gasteiger charge is -2.26. The minimum atomic E-state index is -1.03. The summed E-state index contributed by atoms with van der Waals surface area (Å²) in [6.07, 6.45) is 3.90. The number of carbonyl (C=O) groups excluding carboxylic acids is 1. The zero-order valence-corrected chi connectivity index (χ0v) is 19.8. The molecule has 1 N–H and O–H groups in total. The Morgan fingerprint density at radius 2 is 1.91 bits per heavy atom. The normalized spacial score (nSPS) is 18.5. The summed E-state index contributed by atoms with van der Waals surface area (Å²) in [5.41, 5.74) is 5.46. The van der Waals surface area contributed by atoms with Gasteiger partial charge in [-0.1, -0.05) is 6.07 Å². The second-order valence-electron chi connectivity index (χ2n) is 8.36. The van der Waals surface area contributed by atoms with Crippen LogP contribution in [0.1, 0.15) is 30.0 Å². The second kappa shape index (κ2) is 10.7. The number of nitrogens with zero attached hydrogens (tertiary/aromatic N) is 1. The van der Waals surface area contributed by atoms with Crippen LogP contribution < -0.4 is 5.32 Å². The van der Waals surface area contributed by atoms with Crippen LogP contribution in [0.4, 0.5) is 4.39 Å². The number of hydrogen-bond donors (Lipinski definition) is 1. The van der Waals surface area contributed by atoms with Crippen molar-refractivity contribution in [3.05, 3.63) is 70.5 Å². The summed E-state index contributed by atoms with van der Waals surface area (Å²) in [6.45, 7) is 6.59. The van der Waals surface area contributed by atoms with E-state index in [4.69, 9.17) is 4.74 Å². The highest BCUT2D eigenvalue weighted by molar-refractivity contribution is 7.90. The highest BCUT2D eigenvalue weighted by atomic mass is 32.2. The number of carbonyl (C=O) groups is 1. The molecule has 4 rings (SSSR count). The lowest BCUT2D eigenvalue weighted by atomic mass is 10.0. The summed E-state index contributed by atoms with van der Waals surface area (Å²) in [5.74, 6) is -0.383. The van der Waals surface area contributed by atoms with Crippen LogP contribution in [0.2, 0.25) is 0 Å². The summed E-state index contributed by atoms with van der Waals surface area (Å²) >= 11 is -1.03. The molecule has 0 aromatic heterocycles. The lowest BCUT2D eigenvalue weighted by Crippen LogP contribution is -2.41. The first-order chi connectivity index (χ1) is 15.9. The number of allylic oxidation sites excluding steroid dienone is 2. The van der Waals surface area contributed by atoms with Crippen molar-refractivity contribution >= 4 is 34.3 Å². The summed E-state index contributed by atoms with van der Waals surface area (Å²) in [7, 11) is 0. The van der Waals surface area contributed by atoms with Crippen LogP contribution in [0.3, 0.4) is 0 Å². The fraction of sp³-hybridized carbons (Fsp3) is 0.346. The highest BCUT2D eigenvalue weighted by Gasteiger charge is 2.26. The standard InChI is InChI=1S/C26H29FN2O3S/c1-18-23(15-19-3-6-21(7-4-19)33(2)31)22-8-5-20(27)16-25(22)24(18)17-26(30)28-9-10-29-11-13-32-14-12-29/h3-8,15-16H,9-14,17H2,1-2H3,(H,28,30)/b23-15+. The number of fused-ring (bicyclic) bond motifs is 1. The summed E-state index contributed by atoms with van der Waals surface area (Å²) in [5, 5.41) is 3.01. The molecular formula is C26H29FN2O3S. The Bertz CT molecular complexity index is 1070. The second-order valence-corrected chi connectivity index (χ2v) is 9.74. The third-order valence-corrected chi connectivity index (χ3v) is 7.10. The van der Waals surface area contributed by atoms with Crippen LogP contribution in [-0.4, -0.2) is 61.0 Å². The largest absolute Gasteiger partial charge is 0.612 e. The Hall–Kier alpha value is -2.45. The monoisotopic (exact) mass is 468 g/mol. The van der Waals surface area contributed by atoms with Gasteiger partial charge in [0.05, 0.1) is 19.6 Å². The molecule has 1 saturated heterocycles. The Labute approximate surface area is 197 Å². The molecule has 2 aromatic rings. The van der Waals surface area contributed by atoms with E-state index < -0.39 is 11.2 Å². The van der Waals surface area contributed by atoms with Gasteiger partial charge < -0.3 is 14.6 Å². The van der Waals surface area contributed by atoms with Gasteiger partial charge in [-0.15, -0.1) is 0 Å². The first-order valence-electron chi connectivity index (χ1n) is 11.1. The van der Waals surface area contributed by atoms with E-state index >= 15 is 0 Å². The van der Waals surface area contributed by atoms with Gasteiger partial charge in [-0.3, -0.25) is 9.69 Å². The topological polar surface area (TPSA) is 64.6 Å². The van der Waals surface area contributed by atoms with Gasteiger partial charge in [0.25, 0.3) is 0 Å². The Morgan fingerprint density at radius 1 is 1.18 bits per heavy atom. The molecule has 1 atom stereocenters. The molecule has 1 heterocycles. The summed E-state index contributed by atoms with van der Waals surface area (Å²) in [4.78, 5) is 15.8. The van der Waals surface area contributed by atoms with E-state index in [9.17, 15) is 13.7 Å². The van der Waals surface area contributed by atoms with Gasteiger partial charge in [0.15, 0.2) is 4.90 Å². The smallest absolute Gasteiger partial charge is 0.224 e. The van der Waals surface area contributed by atoms with Crippen molar-refractivity contribution in [2.45, 2.75) is 18.2 Å². The molecule has 1 fully saturated rings. The maximum Gasteiger partial charge on any atom is 0.224 e. The lowest BCUT2D eigenvalue weighted by molar-refractivity contribution is -0.120. The first-order valence-corrected chi connectivity index (χ1v) is 12.7. The summed E-state index contributed by atoms with van der Waals surface area (Å²) in [6, 6.07) is 12.3. The SMILES string of the molecule is CC1=C(CC(=O)NCCN2CCOCC2)c2cc(F)ccc2/C1=C/c1ccc([S+](C)[O-])cc1. The van der Waals surface area contributed by atoms with Gasteiger partial charge in [0.2, 0.25) is 5.91 Å². The molecule has 33 heavy (non-hydrogen) atoms. The molecule has 0 spiro atoms.